The molecule has 5 nitrogen and oxygen atoms in total. The Hall–Kier alpha value is -1.95. The highest BCUT2D eigenvalue weighted by atomic mass is 19.1. The summed E-state index contributed by atoms with van der Waals surface area (Å²) in [7, 11) is 1.67. The Kier molecular flexibility index (Phi) is 6.47. The van der Waals surface area contributed by atoms with Gasteiger partial charge in [0.1, 0.15) is 5.82 Å². The predicted octanol–water partition coefficient (Wildman–Crippen LogP) is 2.55. The van der Waals surface area contributed by atoms with Gasteiger partial charge in [0.05, 0.1) is 6.42 Å². The number of ether oxygens (including phenoxy) is 1. The van der Waals surface area contributed by atoms with Gasteiger partial charge in [-0.05, 0) is 55.4 Å². The first kappa shape index (κ1) is 19.8. The average molecular weight is 376 g/mol. The third-order valence-electron chi connectivity index (χ3n) is 5.89. The molecule has 27 heavy (non-hydrogen) atoms. The van der Waals surface area contributed by atoms with Crippen LogP contribution in [0.5, 0.6) is 0 Å². The van der Waals surface area contributed by atoms with Gasteiger partial charge in [0.2, 0.25) is 11.8 Å². The third kappa shape index (κ3) is 4.67. The normalized spacial score (nSPS) is 22.7. The SMILES string of the molecule is COCCCN1C(=O)CC[C@@H]2CN(C(=O)Cc3ccc(F)cc3C)CC[C@@H]21. The number of fused-ring (bicyclic) bond motifs is 1. The summed E-state index contributed by atoms with van der Waals surface area (Å²) in [4.78, 5) is 29.0. The van der Waals surface area contributed by atoms with E-state index < -0.39 is 0 Å². The van der Waals surface area contributed by atoms with Crippen LogP contribution in [0.2, 0.25) is 0 Å². The van der Waals surface area contributed by atoms with E-state index in [0.717, 1.165) is 36.9 Å². The number of amides is 2. The molecule has 0 radical (unpaired) electrons. The largest absolute Gasteiger partial charge is 0.385 e. The third-order valence-corrected chi connectivity index (χ3v) is 5.89. The zero-order chi connectivity index (χ0) is 19.4. The maximum absolute atomic E-state index is 13.3. The van der Waals surface area contributed by atoms with E-state index in [1.165, 1.54) is 12.1 Å². The van der Waals surface area contributed by atoms with Crippen LogP contribution in [0, 0.1) is 18.7 Å². The highest BCUT2D eigenvalue weighted by molar-refractivity contribution is 5.80. The van der Waals surface area contributed by atoms with Crippen molar-refractivity contribution in [1.82, 2.24) is 9.80 Å². The van der Waals surface area contributed by atoms with Gasteiger partial charge in [0.15, 0.2) is 0 Å². The summed E-state index contributed by atoms with van der Waals surface area (Å²) in [6.07, 6.45) is 3.40. The molecule has 0 unspecified atom stereocenters. The Bertz CT molecular complexity index is 694. The smallest absolute Gasteiger partial charge is 0.227 e. The van der Waals surface area contributed by atoms with E-state index >= 15 is 0 Å². The summed E-state index contributed by atoms with van der Waals surface area (Å²) in [6, 6.07) is 4.82. The fourth-order valence-electron chi connectivity index (χ4n) is 4.38. The Morgan fingerprint density at radius 3 is 2.89 bits per heavy atom. The van der Waals surface area contributed by atoms with E-state index in [1.807, 2.05) is 16.7 Å². The molecular formula is C21H29FN2O3. The van der Waals surface area contributed by atoms with Gasteiger partial charge in [0.25, 0.3) is 0 Å². The maximum Gasteiger partial charge on any atom is 0.227 e. The topological polar surface area (TPSA) is 49.9 Å². The minimum Gasteiger partial charge on any atom is -0.385 e. The minimum atomic E-state index is -0.273. The molecule has 2 amide bonds. The Balaban J connectivity index is 1.60. The number of methoxy groups -OCH3 is 1. The van der Waals surface area contributed by atoms with Gasteiger partial charge in [-0.25, -0.2) is 4.39 Å². The molecule has 2 aliphatic rings. The molecule has 0 saturated carbocycles. The van der Waals surface area contributed by atoms with Crippen LogP contribution >= 0.6 is 0 Å². The van der Waals surface area contributed by atoms with Crippen LogP contribution in [0.3, 0.4) is 0 Å². The average Bonchev–Trinajstić information content (AvgIpc) is 2.65. The molecule has 6 heteroatoms. The number of rotatable bonds is 6. The van der Waals surface area contributed by atoms with Gasteiger partial charge in [-0.3, -0.25) is 9.59 Å². The number of carbonyl (C=O) groups excluding carboxylic acids is 2. The molecule has 148 valence electrons. The van der Waals surface area contributed by atoms with E-state index in [2.05, 4.69) is 0 Å². The Labute approximate surface area is 160 Å². The zero-order valence-corrected chi connectivity index (χ0v) is 16.2. The van der Waals surface area contributed by atoms with Gasteiger partial charge in [-0.15, -0.1) is 0 Å². The van der Waals surface area contributed by atoms with Crippen LogP contribution < -0.4 is 0 Å². The van der Waals surface area contributed by atoms with Crippen molar-refractivity contribution in [3.63, 3.8) is 0 Å². The molecule has 2 saturated heterocycles. The van der Waals surface area contributed by atoms with E-state index in [0.29, 0.717) is 38.5 Å². The monoisotopic (exact) mass is 376 g/mol. The molecule has 0 aliphatic carbocycles. The fourth-order valence-corrected chi connectivity index (χ4v) is 4.38. The van der Waals surface area contributed by atoms with E-state index in [4.69, 9.17) is 4.74 Å². The maximum atomic E-state index is 13.3. The van der Waals surface area contributed by atoms with Gasteiger partial charge < -0.3 is 14.5 Å². The number of hydrogen-bond donors (Lipinski definition) is 0. The lowest BCUT2D eigenvalue weighted by atomic mass is 9.83. The minimum absolute atomic E-state index is 0.0889. The van der Waals surface area contributed by atoms with Crippen LogP contribution in [0.15, 0.2) is 18.2 Å². The van der Waals surface area contributed by atoms with Crippen molar-refractivity contribution in [3.05, 3.63) is 35.1 Å². The van der Waals surface area contributed by atoms with Crippen molar-refractivity contribution in [1.29, 1.82) is 0 Å². The molecule has 0 aromatic heterocycles. The predicted molar refractivity (Wildman–Crippen MR) is 101 cm³/mol. The van der Waals surface area contributed by atoms with Crippen LogP contribution in [-0.4, -0.2) is 61.0 Å². The number of hydrogen-bond acceptors (Lipinski definition) is 3. The van der Waals surface area contributed by atoms with Crippen LogP contribution in [0.1, 0.15) is 36.8 Å². The van der Waals surface area contributed by atoms with Gasteiger partial charge >= 0.3 is 0 Å². The van der Waals surface area contributed by atoms with Crippen LogP contribution in [0.25, 0.3) is 0 Å². The molecule has 2 atom stereocenters. The van der Waals surface area contributed by atoms with Crippen molar-refractivity contribution in [2.45, 2.75) is 45.1 Å². The molecule has 2 fully saturated rings. The summed E-state index contributed by atoms with van der Waals surface area (Å²) in [6.45, 7) is 4.61. The molecule has 0 N–H and O–H groups in total. The number of aryl methyl sites for hydroxylation is 1. The van der Waals surface area contributed by atoms with Gasteiger partial charge in [-0.2, -0.15) is 0 Å². The Morgan fingerprint density at radius 1 is 1.33 bits per heavy atom. The summed E-state index contributed by atoms with van der Waals surface area (Å²) in [5.74, 6) is 0.391. The molecule has 0 spiro atoms. The molecule has 1 aromatic carbocycles. The summed E-state index contributed by atoms with van der Waals surface area (Å²) >= 11 is 0. The Morgan fingerprint density at radius 2 is 2.15 bits per heavy atom. The summed E-state index contributed by atoms with van der Waals surface area (Å²) in [5.41, 5.74) is 1.69. The summed E-state index contributed by atoms with van der Waals surface area (Å²) < 4.78 is 18.4. The van der Waals surface area contributed by atoms with Gasteiger partial charge in [0, 0.05) is 45.8 Å². The molecule has 1 aromatic rings. The second-order valence-corrected chi connectivity index (χ2v) is 7.68. The fraction of sp³-hybridized carbons (Fsp3) is 0.619. The molecule has 0 bridgehead atoms. The van der Waals surface area contributed by atoms with E-state index in [9.17, 15) is 14.0 Å². The highest BCUT2D eigenvalue weighted by Crippen LogP contribution is 2.31. The molecule has 2 heterocycles. The standard InChI is InChI=1S/C21H29FN2O3/c1-15-12-18(22)6-4-16(15)13-21(26)23-10-8-19-17(14-23)5-7-20(25)24(19)9-3-11-27-2/h4,6,12,17,19H,3,5,7-11,13-14H2,1-2H3/t17-,19+/m1/s1. The lowest BCUT2D eigenvalue weighted by molar-refractivity contribution is -0.144. The quantitative estimate of drug-likeness (QED) is 0.717. The number of benzene rings is 1. The summed E-state index contributed by atoms with van der Waals surface area (Å²) in [5, 5.41) is 0. The first-order valence-corrected chi connectivity index (χ1v) is 9.81. The second-order valence-electron chi connectivity index (χ2n) is 7.68. The number of carbonyl (C=O) groups is 2. The van der Waals surface area contributed by atoms with E-state index in [-0.39, 0.29) is 23.7 Å². The zero-order valence-electron chi connectivity index (χ0n) is 16.2. The number of halogens is 1. The van der Waals surface area contributed by atoms with Gasteiger partial charge in [-0.1, -0.05) is 6.07 Å². The van der Waals surface area contributed by atoms with Crippen molar-refractivity contribution in [2.75, 3.05) is 33.4 Å². The number of nitrogens with zero attached hydrogens (tertiary/aromatic N) is 2. The van der Waals surface area contributed by atoms with Crippen molar-refractivity contribution in [2.24, 2.45) is 5.92 Å². The van der Waals surface area contributed by atoms with Crippen molar-refractivity contribution in [3.8, 4) is 0 Å². The van der Waals surface area contributed by atoms with Crippen molar-refractivity contribution < 1.29 is 18.7 Å². The van der Waals surface area contributed by atoms with Crippen LogP contribution in [-0.2, 0) is 20.7 Å². The highest BCUT2D eigenvalue weighted by Gasteiger charge is 2.39. The molecule has 2 aliphatic heterocycles. The lowest BCUT2D eigenvalue weighted by Gasteiger charge is -2.47. The first-order chi connectivity index (χ1) is 13.0. The second kappa shape index (κ2) is 8.83. The molecular weight excluding hydrogens is 347 g/mol. The van der Waals surface area contributed by atoms with Crippen molar-refractivity contribution >= 4 is 11.8 Å². The number of piperidine rings is 2. The first-order valence-electron chi connectivity index (χ1n) is 9.81. The number of likely N-dealkylation sites (tertiary alicyclic amines) is 2. The molecule has 3 rings (SSSR count). The van der Waals surface area contributed by atoms with E-state index in [1.54, 1.807) is 13.2 Å². The van der Waals surface area contributed by atoms with Crippen LogP contribution in [0.4, 0.5) is 4.39 Å². The lowest BCUT2D eigenvalue weighted by Crippen LogP contribution is -2.57.